The molecule has 6 nitrogen and oxygen atoms in total. The second-order valence-electron chi connectivity index (χ2n) is 6.32. The summed E-state index contributed by atoms with van der Waals surface area (Å²) in [4.78, 5) is 24.2. The molecule has 0 aliphatic heterocycles. The standard InChI is InChI=1S/C20H25N3O3/c1-14-12-15(18(24)21-3)10-11-17(14)22-19(25)23-20(2,13-26-4)16-8-6-5-7-9-16/h5-12H,13H2,1-4H3,(H,21,24)(H2,22,23,25)/t20-/m1/s1. The zero-order valence-corrected chi connectivity index (χ0v) is 15.6. The van der Waals surface area contributed by atoms with E-state index < -0.39 is 5.54 Å². The van der Waals surface area contributed by atoms with Gasteiger partial charge < -0.3 is 20.7 Å². The fourth-order valence-electron chi connectivity index (χ4n) is 2.78. The summed E-state index contributed by atoms with van der Waals surface area (Å²) in [6.07, 6.45) is 0. The number of carbonyl (C=O) groups excluding carboxylic acids is 2. The Morgan fingerprint density at radius 3 is 2.38 bits per heavy atom. The van der Waals surface area contributed by atoms with E-state index in [0.717, 1.165) is 11.1 Å². The second-order valence-corrected chi connectivity index (χ2v) is 6.32. The van der Waals surface area contributed by atoms with Crippen LogP contribution >= 0.6 is 0 Å². The van der Waals surface area contributed by atoms with Crippen molar-refractivity contribution >= 4 is 17.6 Å². The third-order valence-corrected chi connectivity index (χ3v) is 4.20. The van der Waals surface area contributed by atoms with Gasteiger partial charge in [0.1, 0.15) is 0 Å². The highest BCUT2D eigenvalue weighted by molar-refractivity contribution is 5.96. The van der Waals surface area contributed by atoms with Gasteiger partial charge in [-0.05, 0) is 43.2 Å². The van der Waals surface area contributed by atoms with Crippen molar-refractivity contribution in [3.05, 3.63) is 65.2 Å². The fraction of sp³-hybridized carbons (Fsp3) is 0.300. The Morgan fingerprint density at radius 2 is 1.81 bits per heavy atom. The molecule has 0 saturated carbocycles. The first-order valence-corrected chi connectivity index (χ1v) is 8.36. The quantitative estimate of drug-likeness (QED) is 0.745. The molecule has 0 bridgehead atoms. The van der Waals surface area contributed by atoms with E-state index in [1.165, 1.54) is 0 Å². The van der Waals surface area contributed by atoms with Crippen LogP contribution in [-0.4, -0.2) is 32.7 Å². The molecular formula is C20H25N3O3. The first kappa shape index (κ1) is 19.5. The highest BCUT2D eigenvalue weighted by Gasteiger charge is 2.28. The van der Waals surface area contributed by atoms with Gasteiger partial charge in [0.25, 0.3) is 5.91 Å². The van der Waals surface area contributed by atoms with Crippen LogP contribution in [0.5, 0.6) is 0 Å². The van der Waals surface area contributed by atoms with E-state index in [-0.39, 0.29) is 11.9 Å². The second kappa shape index (κ2) is 8.49. The topological polar surface area (TPSA) is 79.5 Å². The molecule has 2 aromatic carbocycles. The maximum atomic E-state index is 12.5. The maximum Gasteiger partial charge on any atom is 0.320 e. The zero-order valence-electron chi connectivity index (χ0n) is 15.6. The summed E-state index contributed by atoms with van der Waals surface area (Å²) in [6.45, 7) is 4.08. The summed E-state index contributed by atoms with van der Waals surface area (Å²) in [5, 5.41) is 8.40. The minimum absolute atomic E-state index is 0.166. The number of hydrogen-bond acceptors (Lipinski definition) is 3. The lowest BCUT2D eigenvalue weighted by atomic mass is 9.93. The van der Waals surface area contributed by atoms with Gasteiger partial charge in [-0.1, -0.05) is 30.3 Å². The van der Waals surface area contributed by atoms with Crippen molar-refractivity contribution in [1.29, 1.82) is 0 Å². The van der Waals surface area contributed by atoms with Gasteiger partial charge in [0.2, 0.25) is 0 Å². The molecule has 26 heavy (non-hydrogen) atoms. The van der Waals surface area contributed by atoms with E-state index in [9.17, 15) is 9.59 Å². The van der Waals surface area contributed by atoms with Gasteiger partial charge in [0, 0.05) is 25.4 Å². The van der Waals surface area contributed by atoms with Crippen LogP contribution in [0.15, 0.2) is 48.5 Å². The number of rotatable bonds is 6. The van der Waals surface area contributed by atoms with E-state index in [1.807, 2.05) is 44.2 Å². The summed E-state index contributed by atoms with van der Waals surface area (Å²) in [5.74, 6) is -0.166. The number of nitrogens with one attached hydrogen (secondary N) is 3. The molecule has 2 aromatic rings. The number of carbonyl (C=O) groups is 2. The third kappa shape index (κ3) is 4.61. The van der Waals surface area contributed by atoms with Crippen LogP contribution in [0, 0.1) is 6.92 Å². The molecule has 138 valence electrons. The average molecular weight is 355 g/mol. The van der Waals surface area contributed by atoms with E-state index in [1.54, 1.807) is 32.4 Å². The van der Waals surface area contributed by atoms with Crippen molar-refractivity contribution < 1.29 is 14.3 Å². The van der Waals surface area contributed by atoms with Crippen molar-refractivity contribution in [2.24, 2.45) is 0 Å². The summed E-state index contributed by atoms with van der Waals surface area (Å²) in [5.41, 5.74) is 2.27. The Morgan fingerprint density at radius 1 is 1.12 bits per heavy atom. The monoisotopic (exact) mass is 355 g/mol. The minimum Gasteiger partial charge on any atom is -0.382 e. The van der Waals surface area contributed by atoms with Crippen LogP contribution in [0.25, 0.3) is 0 Å². The molecule has 0 heterocycles. The van der Waals surface area contributed by atoms with E-state index >= 15 is 0 Å². The lowest BCUT2D eigenvalue weighted by Crippen LogP contribution is -2.48. The van der Waals surface area contributed by atoms with Crippen molar-refractivity contribution in [3.8, 4) is 0 Å². The van der Waals surface area contributed by atoms with Crippen LogP contribution in [-0.2, 0) is 10.3 Å². The molecule has 0 aromatic heterocycles. The number of methoxy groups -OCH3 is 1. The van der Waals surface area contributed by atoms with Crippen LogP contribution < -0.4 is 16.0 Å². The number of hydrogen-bond donors (Lipinski definition) is 3. The molecule has 1 atom stereocenters. The SMILES string of the molecule is CNC(=O)c1ccc(NC(=O)N[C@](C)(COC)c2ccccc2)c(C)c1. The van der Waals surface area contributed by atoms with Gasteiger partial charge >= 0.3 is 6.03 Å². The van der Waals surface area contributed by atoms with Crippen LogP contribution in [0.1, 0.15) is 28.4 Å². The number of aryl methyl sites for hydroxylation is 1. The van der Waals surface area contributed by atoms with Gasteiger partial charge in [0.05, 0.1) is 12.1 Å². The molecular weight excluding hydrogens is 330 g/mol. The zero-order chi connectivity index (χ0) is 19.2. The van der Waals surface area contributed by atoms with E-state index in [0.29, 0.717) is 17.9 Å². The summed E-state index contributed by atoms with van der Waals surface area (Å²) >= 11 is 0. The highest BCUT2D eigenvalue weighted by Crippen LogP contribution is 2.22. The summed E-state index contributed by atoms with van der Waals surface area (Å²) in [6, 6.07) is 14.4. The molecule has 0 aliphatic carbocycles. The van der Waals surface area contributed by atoms with Crippen LogP contribution in [0.4, 0.5) is 10.5 Å². The molecule has 2 rings (SSSR count). The Balaban J connectivity index is 2.15. The summed E-state index contributed by atoms with van der Waals surface area (Å²) < 4.78 is 5.30. The molecule has 0 unspecified atom stereocenters. The fourth-order valence-corrected chi connectivity index (χ4v) is 2.78. The third-order valence-electron chi connectivity index (χ3n) is 4.20. The predicted octanol–water partition coefficient (Wildman–Crippen LogP) is 3.04. The van der Waals surface area contributed by atoms with Gasteiger partial charge in [-0.3, -0.25) is 4.79 Å². The Labute approximate surface area is 153 Å². The average Bonchev–Trinajstić information content (AvgIpc) is 2.63. The lowest BCUT2D eigenvalue weighted by Gasteiger charge is -2.31. The van der Waals surface area contributed by atoms with E-state index in [4.69, 9.17) is 4.74 Å². The maximum absolute atomic E-state index is 12.5. The van der Waals surface area contributed by atoms with E-state index in [2.05, 4.69) is 16.0 Å². The Hall–Kier alpha value is -2.86. The molecule has 6 heteroatoms. The number of anilines is 1. The number of benzene rings is 2. The smallest absolute Gasteiger partial charge is 0.320 e. The normalized spacial score (nSPS) is 12.8. The minimum atomic E-state index is -0.671. The number of amides is 3. The van der Waals surface area contributed by atoms with Gasteiger partial charge in [0.15, 0.2) is 0 Å². The van der Waals surface area contributed by atoms with Crippen molar-refractivity contribution in [2.45, 2.75) is 19.4 Å². The molecule has 0 radical (unpaired) electrons. The molecule has 0 saturated heterocycles. The van der Waals surface area contributed by atoms with Gasteiger partial charge in [-0.2, -0.15) is 0 Å². The van der Waals surface area contributed by atoms with Crippen LogP contribution in [0.2, 0.25) is 0 Å². The first-order valence-electron chi connectivity index (χ1n) is 8.36. The van der Waals surface area contributed by atoms with Crippen molar-refractivity contribution in [1.82, 2.24) is 10.6 Å². The van der Waals surface area contributed by atoms with Crippen LogP contribution in [0.3, 0.4) is 0 Å². The molecule has 0 aliphatic rings. The first-order chi connectivity index (χ1) is 12.4. The molecule has 0 fully saturated rings. The molecule has 3 N–H and O–H groups in total. The Bertz CT molecular complexity index is 777. The Kier molecular flexibility index (Phi) is 6.36. The molecule has 0 spiro atoms. The van der Waals surface area contributed by atoms with Crippen molar-refractivity contribution in [2.75, 3.05) is 26.1 Å². The largest absolute Gasteiger partial charge is 0.382 e. The summed E-state index contributed by atoms with van der Waals surface area (Å²) in [7, 11) is 3.18. The molecule has 3 amide bonds. The number of urea groups is 1. The lowest BCUT2D eigenvalue weighted by molar-refractivity contribution is 0.0963. The highest BCUT2D eigenvalue weighted by atomic mass is 16.5. The van der Waals surface area contributed by atoms with Gasteiger partial charge in [-0.15, -0.1) is 0 Å². The van der Waals surface area contributed by atoms with Gasteiger partial charge in [-0.25, -0.2) is 4.79 Å². The van der Waals surface area contributed by atoms with Crippen molar-refractivity contribution in [3.63, 3.8) is 0 Å². The number of ether oxygens (including phenoxy) is 1. The predicted molar refractivity (Wildman–Crippen MR) is 102 cm³/mol.